The van der Waals surface area contributed by atoms with Crippen molar-refractivity contribution in [1.29, 1.82) is 0 Å². The number of rotatable bonds is 4. The van der Waals surface area contributed by atoms with E-state index in [0.29, 0.717) is 12.2 Å². The molecule has 1 fully saturated rings. The fourth-order valence-corrected chi connectivity index (χ4v) is 3.21. The first-order valence-corrected chi connectivity index (χ1v) is 9.57. The first-order valence-electron chi connectivity index (χ1n) is 6.66. The summed E-state index contributed by atoms with van der Waals surface area (Å²) in [4.78, 5) is 0. The van der Waals surface area contributed by atoms with Crippen LogP contribution in [0.5, 0.6) is 0 Å². The predicted octanol–water partition coefficient (Wildman–Crippen LogP) is 4.13. The third-order valence-electron chi connectivity index (χ3n) is 4.03. The first kappa shape index (κ1) is 14.9. The van der Waals surface area contributed by atoms with Gasteiger partial charge in [-0.15, -0.1) is 6.58 Å². The van der Waals surface area contributed by atoms with E-state index in [1.807, 2.05) is 6.08 Å². The van der Waals surface area contributed by atoms with Crippen LogP contribution in [0.4, 0.5) is 0 Å². The Balaban J connectivity index is 2.43. The zero-order valence-electron chi connectivity index (χ0n) is 12.1. The third-order valence-corrected chi connectivity index (χ3v) is 8.56. The maximum absolute atomic E-state index is 6.36. The maximum Gasteiger partial charge on any atom is 0.192 e. The van der Waals surface area contributed by atoms with Crippen LogP contribution in [0.25, 0.3) is 0 Å². The minimum Gasteiger partial charge on any atom is -0.412 e. The zero-order chi connectivity index (χ0) is 13.1. The molecule has 0 saturated carbocycles. The molecule has 3 heteroatoms. The van der Waals surface area contributed by atoms with E-state index in [-0.39, 0.29) is 5.04 Å². The quantitative estimate of drug-likeness (QED) is 0.556. The van der Waals surface area contributed by atoms with Crippen molar-refractivity contribution in [3.05, 3.63) is 12.7 Å². The van der Waals surface area contributed by atoms with Gasteiger partial charge in [-0.25, -0.2) is 0 Å². The van der Waals surface area contributed by atoms with Crippen molar-refractivity contribution in [3.8, 4) is 0 Å². The van der Waals surface area contributed by atoms with E-state index in [4.69, 9.17) is 9.16 Å². The smallest absolute Gasteiger partial charge is 0.192 e. The maximum atomic E-state index is 6.36. The molecular formula is C14H28O2Si. The summed E-state index contributed by atoms with van der Waals surface area (Å²) in [7, 11) is -1.63. The molecule has 2 atom stereocenters. The minimum atomic E-state index is -1.63. The second-order valence-electron chi connectivity index (χ2n) is 6.56. The van der Waals surface area contributed by atoms with Crippen molar-refractivity contribution in [2.45, 2.75) is 70.4 Å². The minimum absolute atomic E-state index is 0.283. The van der Waals surface area contributed by atoms with Gasteiger partial charge in [-0.2, -0.15) is 0 Å². The average Bonchev–Trinajstić information content (AvgIpc) is 2.19. The molecule has 0 bridgehead atoms. The first-order chi connectivity index (χ1) is 7.76. The van der Waals surface area contributed by atoms with Crippen molar-refractivity contribution in [3.63, 3.8) is 0 Å². The topological polar surface area (TPSA) is 18.5 Å². The summed E-state index contributed by atoms with van der Waals surface area (Å²) in [6.45, 7) is 16.0. The summed E-state index contributed by atoms with van der Waals surface area (Å²) in [5, 5.41) is 0.283. The van der Waals surface area contributed by atoms with E-state index in [9.17, 15) is 0 Å². The van der Waals surface area contributed by atoms with Crippen molar-refractivity contribution in [2.24, 2.45) is 0 Å². The highest BCUT2D eigenvalue weighted by molar-refractivity contribution is 6.74. The zero-order valence-corrected chi connectivity index (χ0v) is 13.1. The second kappa shape index (κ2) is 5.68. The van der Waals surface area contributed by atoms with Gasteiger partial charge in [0, 0.05) is 0 Å². The van der Waals surface area contributed by atoms with Crippen LogP contribution < -0.4 is 0 Å². The highest BCUT2D eigenvalue weighted by Gasteiger charge is 2.39. The summed E-state index contributed by atoms with van der Waals surface area (Å²) in [6, 6.07) is 0. The van der Waals surface area contributed by atoms with Gasteiger partial charge >= 0.3 is 0 Å². The molecule has 0 aromatic heterocycles. The second-order valence-corrected chi connectivity index (χ2v) is 11.3. The molecular weight excluding hydrogens is 228 g/mol. The lowest BCUT2D eigenvalue weighted by atomic mass is 10.1. The van der Waals surface area contributed by atoms with Gasteiger partial charge < -0.3 is 9.16 Å². The molecule has 0 spiro atoms. The van der Waals surface area contributed by atoms with Crippen LogP contribution in [-0.2, 0) is 9.16 Å². The molecule has 1 aliphatic heterocycles. The van der Waals surface area contributed by atoms with Gasteiger partial charge in [0.05, 0.1) is 18.8 Å². The fourth-order valence-electron chi connectivity index (χ4n) is 1.84. The van der Waals surface area contributed by atoms with Crippen molar-refractivity contribution in [1.82, 2.24) is 0 Å². The molecule has 2 nitrogen and oxygen atoms in total. The van der Waals surface area contributed by atoms with Crippen LogP contribution in [0.2, 0.25) is 18.1 Å². The lowest BCUT2D eigenvalue weighted by Crippen LogP contribution is -2.46. The monoisotopic (exact) mass is 256 g/mol. The Hall–Kier alpha value is -0.123. The Bertz CT molecular complexity index is 247. The molecule has 0 aromatic carbocycles. The molecule has 0 aliphatic carbocycles. The molecule has 1 saturated heterocycles. The SMILES string of the molecule is C=CC[C@@H]1CC[C@H](O[Si](C)(C)C(C)(C)C)CO1. The van der Waals surface area contributed by atoms with E-state index in [2.05, 4.69) is 40.4 Å². The molecule has 1 rings (SSSR count). The lowest BCUT2D eigenvalue weighted by Gasteiger charge is -2.41. The fraction of sp³-hybridized carbons (Fsp3) is 0.857. The van der Waals surface area contributed by atoms with Gasteiger partial charge in [0.2, 0.25) is 0 Å². The van der Waals surface area contributed by atoms with Crippen LogP contribution in [0.3, 0.4) is 0 Å². The van der Waals surface area contributed by atoms with E-state index in [1.165, 1.54) is 0 Å². The van der Waals surface area contributed by atoms with Gasteiger partial charge in [0.25, 0.3) is 0 Å². The van der Waals surface area contributed by atoms with E-state index in [1.54, 1.807) is 0 Å². The molecule has 17 heavy (non-hydrogen) atoms. The van der Waals surface area contributed by atoms with Gasteiger partial charge in [-0.1, -0.05) is 26.8 Å². The third kappa shape index (κ3) is 4.23. The molecule has 0 aromatic rings. The number of hydrogen-bond donors (Lipinski definition) is 0. The largest absolute Gasteiger partial charge is 0.412 e. The van der Waals surface area contributed by atoms with Crippen LogP contribution in [0, 0.1) is 0 Å². The van der Waals surface area contributed by atoms with Crippen molar-refractivity contribution >= 4 is 8.32 Å². The molecule has 1 heterocycles. The Morgan fingerprint density at radius 3 is 2.41 bits per heavy atom. The van der Waals surface area contributed by atoms with E-state index >= 15 is 0 Å². The van der Waals surface area contributed by atoms with Crippen LogP contribution in [0.15, 0.2) is 12.7 Å². The van der Waals surface area contributed by atoms with Gasteiger partial charge in [0.15, 0.2) is 8.32 Å². The normalized spacial score (nSPS) is 26.9. The summed E-state index contributed by atoms with van der Waals surface area (Å²) in [5.74, 6) is 0. The van der Waals surface area contributed by atoms with Crippen LogP contribution in [0.1, 0.15) is 40.0 Å². The van der Waals surface area contributed by atoms with Crippen molar-refractivity contribution in [2.75, 3.05) is 6.61 Å². The summed E-state index contributed by atoms with van der Waals surface area (Å²) in [5.41, 5.74) is 0. The Morgan fingerprint density at radius 1 is 1.35 bits per heavy atom. The van der Waals surface area contributed by atoms with Crippen LogP contribution >= 0.6 is 0 Å². The highest BCUT2D eigenvalue weighted by atomic mass is 28.4. The Kier molecular flexibility index (Phi) is 4.99. The summed E-state index contributed by atoms with van der Waals surface area (Å²) in [6.07, 6.45) is 5.81. The standard InChI is InChI=1S/C14H28O2Si/c1-7-8-12-9-10-13(11-15-12)16-17(5,6)14(2,3)4/h7,12-13H,1,8-11H2,2-6H3/t12-,13+/m1/s1. The molecule has 0 radical (unpaired) electrons. The summed E-state index contributed by atoms with van der Waals surface area (Å²) < 4.78 is 12.2. The molecule has 100 valence electrons. The Morgan fingerprint density at radius 2 is 2.00 bits per heavy atom. The molecule has 1 aliphatic rings. The number of hydrogen-bond acceptors (Lipinski definition) is 2. The molecule has 0 N–H and O–H groups in total. The predicted molar refractivity (Wildman–Crippen MR) is 75.9 cm³/mol. The van der Waals surface area contributed by atoms with Crippen molar-refractivity contribution < 1.29 is 9.16 Å². The van der Waals surface area contributed by atoms with E-state index < -0.39 is 8.32 Å². The lowest BCUT2D eigenvalue weighted by molar-refractivity contribution is -0.0484. The van der Waals surface area contributed by atoms with Gasteiger partial charge in [-0.3, -0.25) is 0 Å². The highest BCUT2D eigenvalue weighted by Crippen LogP contribution is 2.38. The molecule has 0 amide bonds. The summed E-state index contributed by atoms with van der Waals surface area (Å²) >= 11 is 0. The van der Waals surface area contributed by atoms with E-state index in [0.717, 1.165) is 25.9 Å². The Labute approximate surface area is 108 Å². The van der Waals surface area contributed by atoms with Gasteiger partial charge in [0.1, 0.15) is 0 Å². The number of ether oxygens (including phenoxy) is 1. The average molecular weight is 256 g/mol. The van der Waals surface area contributed by atoms with Gasteiger partial charge in [-0.05, 0) is 37.4 Å². The molecule has 0 unspecified atom stereocenters. The van der Waals surface area contributed by atoms with Crippen LogP contribution in [-0.4, -0.2) is 27.1 Å².